The van der Waals surface area contributed by atoms with Gasteiger partial charge in [0.15, 0.2) is 11.2 Å². The van der Waals surface area contributed by atoms with Crippen molar-refractivity contribution in [3.8, 4) is 5.75 Å². The number of aliphatic hydroxyl groups is 4. The van der Waals surface area contributed by atoms with E-state index in [2.05, 4.69) is 10.6 Å². The fourth-order valence-corrected chi connectivity index (χ4v) is 15.5. The number of amides is 1. The second-order valence-corrected chi connectivity index (χ2v) is 22.9. The standard InChI is InChI=1S/C54H66N4O11S2/c1-4-32(12-13-59)52(66)69-53(2)39(28-62)18-38-29-70-71-45-19-37(27-61)49(56-3)42-25-58(50(42)45)47(64)20-36-24-57-46(55)21-41(36)48(38)54(53)23-35-17-33-16-34(51(65)67-43(33)22-44(35)68-54)14-31(26-60)10-11-40(63)15-30-8-6-5-7-9-30/h4-9,16-18,21-22,27,31,37,39-40,42,45,48-50,56-57,59-60,62-63H,10-15,19-20,23-26,28-29,55H2,1-3H3. The van der Waals surface area contributed by atoms with Crippen molar-refractivity contribution in [1.29, 1.82) is 0 Å². The zero-order chi connectivity index (χ0) is 50.2. The number of hydrogen-bond acceptors (Lipinski definition) is 16. The SMILES string of the molecule is CC=C(CCO)C(=O)OC1(C)C(CO)C=C2CSSC3CC(C=O)C(NC)C4CN(C(=O)CC5=C(C=C(N)NC5)C2C12Cc1cc5cc(CC(CO)CCC(O)Cc6ccccc6)c(=O)oc5cc1O2)C34. The van der Waals surface area contributed by atoms with Gasteiger partial charge in [-0.3, -0.25) is 4.79 Å². The fraction of sp³-hybridized carbons (Fsp3) is 0.519. The third-order valence-corrected chi connectivity index (χ3v) is 19.0. The average Bonchev–Trinajstić information content (AvgIpc) is 3.72. The normalized spacial score (nSPS) is 30.2. The molecular weight excluding hydrogens is 945 g/mol. The zero-order valence-corrected chi connectivity index (χ0v) is 42.1. The fourth-order valence-electron chi connectivity index (χ4n) is 12.4. The van der Waals surface area contributed by atoms with Crippen molar-refractivity contribution >= 4 is 50.7 Å². The number of aldehydes is 1. The number of rotatable bonds is 15. The van der Waals surface area contributed by atoms with Crippen LogP contribution in [0.25, 0.3) is 11.0 Å². The number of allylic oxidation sites excluding steroid dienone is 2. The minimum atomic E-state index is -1.60. The number of esters is 1. The van der Waals surface area contributed by atoms with Crippen LogP contribution < -0.4 is 26.7 Å². The molecule has 1 spiro atoms. The number of dihydropyridines is 1. The molecule has 6 aliphatic rings. The molecule has 1 saturated heterocycles. The summed E-state index contributed by atoms with van der Waals surface area (Å²) in [6, 6.07) is 15.0. The first-order chi connectivity index (χ1) is 34.3. The molecule has 11 atom stereocenters. The average molecular weight is 1010 g/mol. The van der Waals surface area contributed by atoms with Gasteiger partial charge < -0.3 is 60.4 Å². The summed E-state index contributed by atoms with van der Waals surface area (Å²) < 4.78 is 20.1. The van der Waals surface area contributed by atoms with E-state index in [0.717, 1.165) is 34.1 Å². The second-order valence-electron chi connectivity index (χ2n) is 20.3. The highest BCUT2D eigenvalue weighted by Crippen LogP contribution is 2.59. The highest BCUT2D eigenvalue weighted by molar-refractivity contribution is 8.77. The van der Waals surface area contributed by atoms with E-state index >= 15 is 0 Å². The maximum atomic E-state index is 14.7. The van der Waals surface area contributed by atoms with E-state index in [1.807, 2.05) is 60.5 Å². The number of carbonyl (C=O) groups is 3. The summed E-state index contributed by atoms with van der Waals surface area (Å²) in [5, 5.41) is 50.0. The molecule has 0 radical (unpaired) electrons. The highest BCUT2D eigenvalue weighted by atomic mass is 33.1. The van der Waals surface area contributed by atoms with E-state index in [1.54, 1.807) is 53.6 Å². The Morgan fingerprint density at radius 2 is 1.93 bits per heavy atom. The Kier molecular flexibility index (Phi) is 15.3. The summed E-state index contributed by atoms with van der Waals surface area (Å²) in [5.74, 6) is -1.37. The molecule has 380 valence electrons. The lowest BCUT2D eigenvalue weighted by molar-refractivity contribution is -0.202. The van der Waals surface area contributed by atoms with Gasteiger partial charge in [0.25, 0.3) is 0 Å². The first-order valence-corrected chi connectivity index (χ1v) is 27.2. The van der Waals surface area contributed by atoms with Gasteiger partial charge >= 0.3 is 11.6 Å². The molecule has 17 heteroatoms. The van der Waals surface area contributed by atoms with E-state index < -0.39 is 47.3 Å². The van der Waals surface area contributed by atoms with Crippen molar-refractivity contribution in [1.82, 2.24) is 15.5 Å². The van der Waals surface area contributed by atoms with Crippen LogP contribution in [0.3, 0.4) is 0 Å². The van der Waals surface area contributed by atoms with Crippen molar-refractivity contribution in [2.45, 2.75) is 99.9 Å². The number of nitrogens with one attached hydrogen (secondary N) is 2. The van der Waals surface area contributed by atoms with Gasteiger partial charge in [-0.25, -0.2) is 9.59 Å². The van der Waals surface area contributed by atoms with Crippen LogP contribution in [0.1, 0.15) is 62.6 Å². The summed E-state index contributed by atoms with van der Waals surface area (Å²) in [6.07, 6.45) is 8.39. The van der Waals surface area contributed by atoms with Crippen molar-refractivity contribution in [2.75, 3.05) is 45.7 Å². The second kappa shape index (κ2) is 21.3. The van der Waals surface area contributed by atoms with Gasteiger partial charge in [-0.2, -0.15) is 0 Å². The van der Waals surface area contributed by atoms with Crippen LogP contribution >= 0.6 is 21.6 Å². The maximum absolute atomic E-state index is 14.7. The number of fused-ring (bicyclic) bond motifs is 5. The van der Waals surface area contributed by atoms with Gasteiger partial charge in [0.1, 0.15) is 17.6 Å². The number of aliphatic hydroxyl groups excluding tert-OH is 4. The molecule has 2 fully saturated rings. The van der Waals surface area contributed by atoms with Crippen LogP contribution in [0.4, 0.5) is 0 Å². The molecule has 0 bridgehead atoms. The van der Waals surface area contributed by atoms with Crippen LogP contribution in [0.2, 0.25) is 0 Å². The summed E-state index contributed by atoms with van der Waals surface area (Å²) in [7, 11) is 5.18. The lowest BCUT2D eigenvalue weighted by Crippen LogP contribution is -2.71. The van der Waals surface area contributed by atoms with Gasteiger partial charge in [0.05, 0.1) is 36.9 Å². The molecule has 1 saturated carbocycles. The van der Waals surface area contributed by atoms with Crippen LogP contribution in [-0.4, -0.2) is 124 Å². The number of nitrogens with zero attached hydrogens (tertiary/aromatic N) is 1. The largest absolute Gasteiger partial charge is 0.481 e. The van der Waals surface area contributed by atoms with Crippen LogP contribution in [0.5, 0.6) is 5.75 Å². The predicted octanol–water partition coefficient (Wildman–Crippen LogP) is 4.28. The molecule has 71 heavy (non-hydrogen) atoms. The Bertz CT molecular complexity index is 2710. The monoisotopic (exact) mass is 1010 g/mol. The van der Waals surface area contributed by atoms with E-state index in [9.17, 15) is 39.6 Å². The molecule has 2 aliphatic carbocycles. The van der Waals surface area contributed by atoms with Crippen LogP contribution in [-0.2, 0) is 38.4 Å². The number of carbonyl (C=O) groups excluding carboxylic acids is 3. The van der Waals surface area contributed by atoms with Gasteiger partial charge in [-0.1, -0.05) is 69.6 Å². The first-order valence-electron chi connectivity index (χ1n) is 24.8. The topological polar surface area (TPSA) is 234 Å². The number of hydrogen-bond donors (Lipinski definition) is 7. The molecule has 5 heterocycles. The molecule has 8 N–H and O–H groups in total. The summed E-state index contributed by atoms with van der Waals surface area (Å²) in [5.41, 5.74) is 8.07. The lowest BCUT2D eigenvalue weighted by atomic mass is 9.57. The van der Waals surface area contributed by atoms with E-state index in [0.29, 0.717) is 60.5 Å². The van der Waals surface area contributed by atoms with E-state index in [1.165, 1.54) is 0 Å². The lowest BCUT2D eigenvalue weighted by Gasteiger charge is -2.59. The minimum absolute atomic E-state index is 0.0181. The highest BCUT2D eigenvalue weighted by Gasteiger charge is 2.67. The quantitative estimate of drug-likeness (QED) is 0.0281. The Labute approximate surface area is 421 Å². The smallest absolute Gasteiger partial charge is 0.339 e. The van der Waals surface area contributed by atoms with E-state index in [4.69, 9.17) is 19.6 Å². The Morgan fingerprint density at radius 3 is 2.65 bits per heavy atom. The molecule has 1 amide bonds. The van der Waals surface area contributed by atoms with Crippen molar-refractivity contribution in [3.05, 3.63) is 122 Å². The van der Waals surface area contributed by atoms with Crippen molar-refractivity contribution < 1.29 is 48.7 Å². The number of ether oxygens (including phenoxy) is 2. The zero-order valence-electron chi connectivity index (χ0n) is 40.5. The molecule has 3 aromatic rings. The molecule has 4 aliphatic heterocycles. The van der Waals surface area contributed by atoms with Crippen LogP contribution in [0.15, 0.2) is 104 Å². The summed E-state index contributed by atoms with van der Waals surface area (Å²) in [4.78, 5) is 57.3. The van der Waals surface area contributed by atoms with Crippen molar-refractivity contribution in [3.63, 3.8) is 0 Å². The molecule has 2 aromatic carbocycles. The summed E-state index contributed by atoms with van der Waals surface area (Å²) >= 11 is 0. The predicted molar refractivity (Wildman–Crippen MR) is 273 cm³/mol. The number of nitrogens with two attached hydrogens (primary N) is 1. The number of benzene rings is 2. The third-order valence-electron chi connectivity index (χ3n) is 16.2. The molecule has 15 nitrogen and oxygen atoms in total. The molecule has 11 unspecified atom stereocenters. The van der Waals surface area contributed by atoms with Gasteiger partial charge in [-0.05, 0) is 99.4 Å². The van der Waals surface area contributed by atoms with Gasteiger partial charge in [0, 0.05) is 96.5 Å². The van der Waals surface area contributed by atoms with Crippen LogP contribution in [0, 0.1) is 29.6 Å². The molecule has 9 rings (SSSR count). The maximum Gasteiger partial charge on any atom is 0.339 e. The van der Waals surface area contributed by atoms with Crippen molar-refractivity contribution in [2.24, 2.45) is 35.3 Å². The third kappa shape index (κ3) is 9.63. The molecular formula is C54H66N4O11S2. The van der Waals surface area contributed by atoms with E-state index in [-0.39, 0.29) is 97.6 Å². The Balaban J connectivity index is 1.12. The first kappa shape index (κ1) is 51.0. The summed E-state index contributed by atoms with van der Waals surface area (Å²) in [6.45, 7) is 3.39. The molecule has 1 aromatic heterocycles. The Hall–Kier alpha value is -4.88. The Morgan fingerprint density at radius 1 is 1.13 bits per heavy atom. The van der Waals surface area contributed by atoms with Gasteiger partial charge in [-0.15, -0.1) is 0 Å². The minimum Gasteiger partial charge on any atom is -0.481 e. The van der Waals surface area contributed by atoms with Gasteiger partial charge in [0.2, 0.25) is 5.91 Å².